The molecule has 0 fully saturated rings. The monoisotopic (exact) mass is 586 g/mol. The van der Waals surface area contributed by atoms with E-state index in [0.717, 1.165) is 25.6 Å². The lowest BCUT2D eigenvalue weighted by atomic mass is 10.1. The number of rotatable bonds is 8. The molecule has 4 rings (SSSR count). The second-order valence-electron chi connectivity index (χ2n) is 7.76. The topological polar surface area (TPSA) is 92.6 Å². The van der Waals surface area contributed by atoms with Gasteiger partial charge in [0.2, 0.25) is 10.0 Å². The summed E-state index contributed by atoms with van der Waals surface area (Å²) in [7, 11) is -1.98. The number of hydrazone groups is 1. The van der Waals surface area contributed by atoms with Gasteiger partial charge in [0.25, 0.3) is 5.91 Å². The first-order valence-electron chi connectivity index (χ1n) is 10.5. The molecule has 3 aromatic carbocycles. The van der Waals surface area contributed by atoms with Crippen LogP contribution < -0.4 is 10.1 Å². The van der Waals surface area contributed by atoms with E-state index in [1.807, 2.05) is 72.4 Å². The van der Waals surface area contributed by atoms with Crippen LogP contribution in [0.25, 0.3) is 10.9 Å². The number of halogens is 1. The fraction of sp³-hybridized carbons (Fsp3) is 0.120. The quantitative estimate of drug-likeness (QED) is 0.187. The third-order valence-corrected chi connectivity index (χ3v) is 7.53. The minimum absolute atomic E-state index is 0.0954. The Morgan fingerprint density at radius 2 is 1.71 bits per heavy atom. The maximum atomic E-state index is 13.0. The fourth-order valence-corrected chi connectivity index (χ4v) is 5.18. The normalized spacial score (nSPS) is 12.8. The average Bonchev–Trinajstić information content (AvgIpc) is 3.15. The number of aromatic nitrogens is 1. The minimum Gasteiger partial charge on any atom is -0.350 e. The molecule has 34 heavy (non-hydrogen) atoms. The van der Waals surface area contributed by atoms with Crippen LogP contribution in [0.1, 0.15) is 11.1 Å². The Morgan fingerprint density at radius 1 is 1.03 bits per heavy atom. The molecular formula is C25H23IN4O3S. The van der Waals surface area contributed by atoms with Gasteiger partial charge >= 0.3 is 0 Å². The fourth-order valence-electron chi connectivity index (χ4n) is 3.63. The van der Waals surface area contributed by atoms with E-state index in [4.69, 9.17) is 0 Å². The second-order valence-corrected chi connectivity index (χ2v) is 10.7. The van der Waals surface area contributed by atoms with Gasteiger partial charge in [0.1, 0.15) is 6.04 Å². The van der Waals surface area contributed by atoms with Crippen LogP contribution in [-0.4, -0.2) is 31.1 Å². The van der Waals surface area contributed by atoms with E-state index in [1.165, 1.54) is 12.1 Å². The van der Waals surface area contributed by atoms with Gasteiger partial charge in [0, 0.05) is 33.3 Å². The number of benzene rings is 3. The van der Waals surface area contributed by atoms with Crippen molar-refractivity contribution in [3.05, 3.63) is 99.8 Å². The highest BCUT2D eigenvalue weighted by atomic mass is 127. The van der Waals surface area contributed by atoms with Crippen molar-refractivity contribution in [2.45, 2.75) is 17.4 Å². The van der Waals surface area contributed by atoms with Gasteiger partial charge in [-0.3, -0.25) is 4.79 Å². The number of amides is 1. The SMILES string of the molecule is Cn1cc(/C=N\NC(=O)[C@@H](Cc2ccccc2)NS(=O)(=O)c2ccc(I)cc2)c2ccccc21. The average molecular weight is 586 g/mol. The summed E-state index contributed by atoms with van der Waals surface area (Å²) in [4.78, 5) is 13.1. The molecule has 1 heterocycles. The van der Waals surface area contributed by atoms with Crippen LogP contribution in [0.15, 0.2) is 95.1 Å². The van der Waals surface area contributed by atoms with Crippen molar-refractivity contribution in [1.29, 1.82) is 0 Å². The first-order chi connectivity index (χ1) is 16.3. The Labute approximate surface area is 212 Å². The molecule has 2 N–H and O–H groups in total. The third kappa shape index (κ3) is 5.72. The van der Waals surface area contributed by atoms with E-state index in [0.29, 0.717) is 0 Å². The van der Waals surface area contributed by atoms with Crippen molar-refractivity contribution in [3.63, 3.8) is 0 Å². The lowest BCUT2D eigenvalue weighted by Gasteiger charge is -2.17. The van der Waals surface area contributed by atoms with Crippen LogP contribution in [0, 0.1) is 3.57 Å². The van der Waals surface area contributed by atoms with Crippen LogP contribution in [0.2, 0.25) is 0 Å². The van der Waals surface area contributed by atoms with Crippen LogP contribution >= 0.6 is 22.6 Å². The summed E-state index contributed by atoms with van der Waals surface area (Å²) in [5, 5.41) is 5.11. The van der Waals surface area contributed by atoms with Crippen molar-refractivity contribution < 1.29 is 13.2 Å². The van der Waals surface area contributed by atoms with E-state index in [-0.39, 0.29) is 11.3 Å². The zero-order chi connectivity index (χ0) is 24.1. The molecule has 0 radical (unpaired) electrons. The van der Waals surface area contributed by atoms with Crippen LogP contribution in [0.3, 0.4) is 0 Å². The zero-order valence-corrected chi connectivity index (χ0v) is 21.3. The highest BCUT2D eigenvalue weighted by molar-refractivity contribution is 14.1. The van der Waals surface area contributed by atoms with Crippen molar-refractivity contribution in [2.75, 3.05) is 0 Å². The maximum Gasteiger partial charge on any atom is 0.258 e. The van der Waals surface area contributed by atoms with E-state index in [2.05, 4.69) is 37.8 Å². The molecule has 0 unspecified atom stereocenters. The summed E-state index contributed by atoms with van der Waals surface area (Å²) >= 11 is 2.11. The molecule has 4 aromatic rings. The third-order valence-electron chi connectivity index (χ3n) is 5.33. The Hall–Kier alpha value is -3.02. The smallest absolute Gasteiger partial charge is 0.258 e. The molecule has 0 aliphatic carbocycles. The lowest BCUT2D eigenvalue weighted by molar-refractivity contribution is -0.122. The number of aryl methyl sites for hydroxylation is 1. The molecule has 1 aromatic heterocycles. The molecule has 7 nitrogen and oxygen atoms in total. The summed E-state index contributed by atoms with van der Waals surface area (Å²) in [6.07, 6.45) is 3.66. The molecule has 0 aliphatic heterocycles. The highest BCUT2D eigenvalue weighted by Gasteiger charge is 2.26. The van der Waals surface area contributed by atoms with Gasteiger partial charge < -0.3 is 4.57 Å². The van der Waals surface area contributed by atoms with E-state index < -0.39 is 22.0 Å². The molecule has 0 aliphatic rings. The van der Waals surface area contributed by atoms with Crippen molar-refractivity contribution in [3.8, 4) is 0 Å². The van der Waals surface area contributed by atoms with Crippen LogP contribution in [0.4, 0.5) is 0 Å². The Morgan fingerprint density at radius 3 is 2.44 bits per heavy atom. The summed E-state index contributed by atoms with van der Waals surface area (Å²) in [5.41, 5.74) is 5.22. The molecule has 0 bridgehead atoms. The Kier molecular flexibility index (Phi) is 7.44. The Bertz CT molecular complexity index is 1430. The van der Waals surface area contributed by atoms with Crippen molar-refractivity contribution in [1.82, 2.24) is 14.7 Å². The van der Waals surface area contributed by atoms with Crippen LogP contribution in [0.5, 0.6) is 0 Å². The number of sulfonamides is 1. The molecule has 0 spiro atoms. The molecule has 9 heteroatoms. The van der Waals surface area contributed by atoms with Gasteiger partial charge in [-0.25, -0.2) is 13.8 Å². The predicted molar refractivity (Wildman–Crippen MR) is 142 cm³/mol. The zero-order valence-electron chi connectivity index (χ0n) is 18.4. The van der Waals surface area contributed by atoms with Gasteiger partial charge in [-0.05, 0) is 64.9 Å². The first-order valence-corrected chi connectivity index (χ1v) is 13.1. The number of nitrogens with zero attached hydrogens (tertiary/aromatic N) is 2. The van der Waals surface area contributed by atoms with Gasteiger partial charge in [-0.15, -0.1) is 0 Å². The number of nitrogens with one attached hydrogen (secondary N) is 2. The van der Waals surface area contributed by atoms with Gasteiger partial charge in [-0.1, -0.05) is 48.5 Å². The second kappa shape index (κ2) is 10.5. The standard InChI is InChI=1S/C25H23IN4O3S/c1-30-17-19(22-9-5-6-10-24(22)30)16-27-28-25(31)23(15-18-7-3-2-4-8-18)29-34(32,33)21-13-11-20(26)12-14-21/h2-14,16-17,23,29H,15H2,1H3,(H,28,31)/b27-16-/t23-/m1/s1. The predicted octanol–water partition coefficient (Wildman–Crippen LogP) is 3.82. The summed E-state index contributed by atoms with van der Waals surface area (Å²) in [6.45, 7) is 0. The maximum absolute atomic E-state index is 13.0. The van der Waals surface area contributed by atoms with E-state index in [9.17, 15) is 13.2 Å². The molecule has 1 atom stereocenters. The summed E-state index contributed by atoms with van der Waals surface area (Å²) < 4.78 is 31.3. The number of hydrogen-bond acceptors (Lipinski definition) is 4. The van der Waals surface area contributed by atoms with Gasteiger partial charge in [0.15, 0.2) is 0 Å². The minimum atomic E-state index is -3.91. The molecule has 0 saturated carbocycles. The van der Waals surface area contributed by atoms with E-state index in [1.54, 1.807) is 18.3 Å². The van der Waals surface area contributed by atoms with Crippen LogP contribution in [-0.2, 0) is 28.3 Å². The van der Waals surface area contributed by atoms with Crippen molar-refractivity contribution in [2.24, 2.45) is 12.1 Å². The number of carbonyl (C=O) groups is 1. The summed E-state index contributed by atoms with van der Waals surface area (Å²) in [6, 6.07) is 22.5. The highest BCUT2D eigenvalue weighted by Crippen LogP contribution is 2.18. The van der Waals surface area contributed by atoms with Gasteiger partial charge in [-0.2, -0.15) is 9.82 Å². The van der Waals surface area contributed by atoms with Crippen molar-refractivity contribution >= 4 is 55.6 Å². The largest absolute Gasteiger partial charge is 0.350 e. The molecular weight excluding hydrogens is 563 g/mol. The number of para-hydroxylation sites is 1. The summed E-state index contributed by atoms with van der Waals surface area (Å²) in [5.74, 6) is -0.547. The lowest BCUT2D eigenvalue weighted by Crippen LogP contribution is -2.46. The number of fused-ring (bicyclic) bond motifs is 1. The Balaban J connectivity index is 1.54. The van der Waals surface area contributed by atoms with Gasteiger partial charge in [0.05, 0.1) is 11.1 Å². The first kappa shape index (κ1) is 24.1. The number of carbonyl (C=O) groups excluding carboxylic acids is 1. The molecule has 174 valence electrons. The number of hydrogen-bond donors (Lipinski definition) is 2. The molecule has 1 amide bonds. The van der Waals surface area contributed by atoms with E-state index >= 15 is 0 Å². The molecule has 0 saturated heterocycles.